The van der Waals surface area contributed by atoms with Crippen molar-refractivity contribution >= 4 is 27.0 Å². The number of rotatable bonds is 7. The van der Waals surface area contributed by atoms with Gasteiger partial charge in [0.2, 0.25) is 0 Å². The average molecular weight is 487 g/mol. The lowest BCUT2D eigenvalue weighted by atomic mass is 9.97. The first kappa shape index (κ1) is 23.8. The summed E-state index contributed by atoms with van der Waals surface area (Å²) in [5.74, 6) is 0.799. The standard InChI is InChI=1S/C25H30N2O4S2/c1-25(2,28)20-10-12-21(13-11-20)27-15-14-26(33(29,30)24-9-6-16-32-24)18-22(27)17-19-7-4-5-8-23(19)31-3/h4-13,16,22,28H,14-15,17-18H2,1-3H3. The number of anilines is 1. The summed E-state index contributed by atoms with van der Waals surface area (Å²) in [7, 11) is -1.88. The summed E-state index contributed by atoms with van der Waals surface area (Å²) in [5.41, 5.74) is 1.98. The van der Waals surface area contributed by atoms with Crippen molar-refractivity contribution in [2.24, 2.45) is 0 Å². The molecule has 0 bridgehead atoms. The SMILES string of the molecule is COc1ccccc1CC1CN(S(=O)(=O)c2cccs2)CCN1c1ccc(C(C)(C)O)cc1. The van der Waals surface area contributed by atoms with Crippen LogP contribution in [0.4, 0.5) is 5.69 Å². The quantitative estimate of drug-likeness (QED) is 0.544. The molecule has 3 aromatic rings. The van der Waals surface area contributed by atoms with Crippen LogP contribution in [0, 0.1) is 0 Å². The van der Waals surface area contributed by atoms with Crippen LogP contribution in [0.3, 0.4) is 0 Å². The number of piperazine rings is 1. The monoisotopic (exact) mass is 486 g/mol. The van der Waals surface area contributed by atoms with Gasteiger partial charge < -0.3 is 14.7 Å². The van der Waals surface area contributed by atoms with Crippen molar-refractivity contribution in [1.82, 2.24) is 4.31 Å². The molecular formula is C25H30N2O4S2. The van der Waals surface area contributed by atoms with Gasteiger partial charge in [-0.2, -0.15) is 4.31 Å². The molecule has 0 saturated carbocycles. The molecule has 1 aliphatic heterocycles. The smallest absolute Gasteiger partial charge is 0.252 e. The van der Waals surface area contributed by atoms with E-state index in [1.54, 1.807) is 42.8 Å². The normalized spacial score (nSPS) is 17.8. The Kier molecular flexibility index (Phi) is 6.81. The second-order valence-corrected chi connectivity index (χ2v) is 11.9. The molecule has 1 unspecified atom stereocenters. The minimum atomic E-state index is -3.53. The third-order valence-electron chi connectivity index (χ3n) is 6.09. The summed E-state index contributed by atoms with van der Waals surface area (Å²) < 4.78 is 34.0. The van der Waals surface area contributed by atoms with E-state index in [2.05, 4.69) is 4.90 Å². The molecule has 1 N–H and O–H groups in total. The number of para-hydroxylation sites is 1. The molecule has 1 aromatic heterocycles. The van der Waals surface area contributed by atoms with Crippen LogP contribution in [0.15, 0.2) is 70.3 Å². The third kappa shape index (κ3) is 5.09. The maximum atomic E-state index is 13.2. The van der Waals surface area contributed by atoms with Crippen LogP contribution in [0.25, 0.3) is 0 Å². The summed E-state index contributed by atoms with van der Waals surface area (Å²) in [6, 6.07) is 19.1. The number of hydrogen-bond donors (Lipinski definition) is 1. The molecule has 1 saturated heterocycles. The van der Waals surface area contributed by atoms with E-state index in [0.29, 0.717) is 30.3 Å². The third-order valence-corrected chi connectivity index (χ3v) is 9.33. The first-order valence-electron chi connectivity index (χ1n) is 11.0. The van der Waals surface area contributed by atoms with Gasteiger partial charge in [-0.05, 0) is 61.0 Å². The van der Waals surface area contributed by atoms with Gasteiger partial charge in [-0.3, -0.25) is 0 Å². The molecule has 0 spiro atoms. The van der Waals surface area contributed by atoms with E-state index in [1.807, 2.05) is 48.5 Å². The van der Waals surface area contributed by atoms with Gasteiger partial charge in [-0.1, -0.05) is 36.4 Å². The topological polar surface area (TPSA) is 70.1 Å². The molecule has 176 valence electrons. The van der Waals surface area contributed by atoms with Crippen molar-refractivity contribution < 1.29 is 18.3 Å². The van der Waals surface area contributed by atoms with Crippen LogP contribution in [-0.4, -0.2) is 50.6 Å². The Morgan fingerprint density at radius 3 is 2.42 bits per heavy atom. The largest absolute Gasteiger partial charge is 0.496 e. The lowest BCUT2D eigenvalue weighted by molar-refractivity contribution is 0.0786. The van der Waals surface area contributed by atoms with Crippen LogP contribution >= 0.6 is 11.3 Å². The maximum Gasteiger partial charge on any atom is 0.252 e. The Morgan fingerprint density at radius 1 is 1.06 bits per heavy atom. The van der Waals surface area contributed by atoms with Crippen molar-refractivity contribution in [1.29, 1.82) is 0 Å². The van der Waals surface area contributed by atoms with E-state index in [0.717, 1.165) is 22.6 Å². The number of nitrogens with zero attached hydrogens (tertiary/aromatic N) is 2. The number of ether oxygens (including phenoxy) is 1. The molecule has 2 heterocycles. The van der Waals surface area contributed by atoms with Gasteiger partial charge in [0.1, 0.15) is 9.96 Å². The fourth-order valence-electron chi connectivity index (χ4n) is 4.28. The number of aliphatic hydroxyl groups is 1. The summed E-state index contributed by atoms with van der Waals surface area (Å²) in [4.78, 5) is 2.26. The summed E-state index contributed by atoms with van der Waals surface area (Å²) in [6.45, 7) is 4.90. The van der Waals surface area contributed by atoms with Crippen molar-refractivity contribution in [3.05, 3.63) is 77.2 Å². The lowest BCUT2D eigenvalue weighted by Crippen LogP contribution is -2.55. The van der Waals surface area contributed by atoms with Gasteiger partial charge >= 0.3 is 0 Å². The van der Waals surface area contributed by atoms with E-state index in [1.165, 1.54) is 11.3 Å². The van der Waals surface area contributed by atoms with Crippen LogP contribution in [0.2, 0.25) is 0 Å². The van der Waals surface area contributed by atoms with Gasteiger partial charge in [-0.25, -0.2) is 8.42 Å². The van der Waals surface area contributed by atoms with Crippen LogP contribution in [0.1, 0.15) is 25.0 Å². The van der Waals surface area contributed by atoms with E-state index < -0.39 is 15.6 Å². The molecule has 33 heavy (non-hydrogen) atoms. The zero-order valence-corrected chi connectivity index (χ0v) is 20.8. The summed E-state index contributed by atoms with van der Waals surface area (Å²) in [6.07, 6.45) is 0.647. The highest BCUT2D eigenvalue weighted by molar-refractivity contribution is 7.91. The van der Waals surface area contributed by atoms with E-state index in [9.17, 15) is 13.5 Å². The lowest BCUT2D eigenvalue weighted by Gasteiger charge is -2.42. The van der Waals surface area contributed by atoms with Crippen molar-refractivity contribution in [3.8, 4) is 5.75 Å². The predicted octanol–water partition coefficient (Wildman–Crippen LogP) is 4.11. The van der Waals surface area contributed by atoms with Gasteiger partial charge in [0.15, 0.2) is 0 Å². The Balaban J connectivity index is 1.66. The highest BCUT2D eigenvalue weighted by atomic mass is 32.2. The highest BCUT2D eigenvalue weighted by Crippen LogP contribution is 2.31. The minimum absolute atomic E-state index is 0.0715. The van der Waals surface area contributed by atoms with Crippen LogP contribution in [-0.2, 0) is 22.0 Å². The molecule has 0 aliphatic carbocycles. The molecule has 6 nitrogen and oxygen atoms in total. The molecular weight excluding hydrogens is 456 g/mol. The summed E-state index contributed by atoms with van der Waals surface area (Å²) in [5, 5.41) is 12.1. The number of benzene rings is 2. The molecule has 2 aromatic carbocycles. The molecule has 0 amide bonds. The van der Waals surface area contributed by atoms with Gasteiger partial charge in [0.25, 0.3) is 10.0 Å². The zero-order chi connectivity index (χ0) is 23.6. The van der Waals surface area contributed by atoms with Crippen molar-refractivity contribution in [2.75, 3.05) is 31.6 Å². The maximum absolute atomic E-state index is 13.2. The Morgan fingerprint density at radius 2 is 1.79 bits per heavy atom. The predicted molar refractivity (Wildman–Crippen MR) is 133 cm³/mol. The summed E-state index contributed by atoms with van der Waals surface area (Å²) >= 11 is 1.25. The van der Waals surface area contributed by atoms with Gasteiger partial charge in [-0.15, -0.1) is 11.3 Å². The second kappa shape index (κ2) is 9.46. The average Bonchev–Trinajstić information content (AvgIpc) is 3.35. The van der Waals surface area contributed by atoms with Gasteiger partial charge in [0.05, 0.1) is 12.7 Å². The first-order valence-corrected chi connectivity index (χ1v) is 13.3. The Hall–Kier alpha value is -2.39. The second-order valence-electron chi connectivity index (χ2n) is 8.76. The Labute approximate surface area is 200 Å². The van der Waals surface area contributed by atoms with Gasteiger partial charge in [0, 0.05) is 31.4 Å². The van der Waals surface area contributed by atoms with E-state index in [4.69, 9.17) is 4.74 Å². The zero-order valence-electron chi connectivity index (χ0n) is 19.1. The van der Waals surface area contributed by atoms with E-state index in [-0.39, 0.29) is 6.04 Å². The first-order chi connectivity index (χ1) is 15.7. The van der Waals surface area contributed by atoms with Crippen LogP contribution < -0.4 is 9.64 Å². The molecule has 1 atom stereocenters. The number of hydrogen-bond acceptors (Lipinski definition) is 6. The van der Waals surface area contributed by atoms with Crippen molar-refractivity contribution in [2.45, 2.75) is 36.1 Å². The van der Waals surface area contributed by atoms with Crippen LogP contribution in [0.5, 0.6) is 5.75 Å². The molecule has 1 aliphatic rings. The van der Waals surface area contributed by atoms with Crippen molar-refractivity contribution in [3.63, 3.8) is 0 Å². The molecule has 0 radical (unpaired) electrons. The molecule has 1 fully saturated rings. The molecule has 8 heteroatoms. The Bertz CT molecular complexity index is 1170. The van der Waals surface area contributed by atoms with E-state index >= 15 is 0 Å². The number of thiophene rings is 1. The molecule has 4 rings (SSSR count). The fourth-order valence-corrected chi connectivity index (χ4v) is 6.90. The fraction of sp³-hybridized carbons (Fsp3) is 0.360. The number of sulfonamides is 1. The minimum Gasteiger partial charge on any atom is -0.496 e. The highest BCUT2D eigenvalue weighted by Gasteiger charge is 2.35. The number of methoxy groups -OCH3 is 1.